The summed E-state index contributed by atoms with van der Waals surface area (Å²) in [5.74, 6) is 0.580. The second-order valence-corrected chi connectivity index (χ2v) is 2.53. The van der Waals surface area contributed by atoms with Gasteiger partial charge in [-0.1, -0.05) is 13.8 Å². The van der Waals surface area contributed by atoms with Crippen LogP contribution in [0.2, 0.25) is 0 Å². The van der Waals surface area contributed by atoms with Crippen LogP contribution >= 0.6 is 0 Å². The predicted molar refractivity (Wildman–Crippen MR) is 35.8 cm³/mol. The van der Waals surface area contributed by atoms with Gasteiger partial charge in [0.2, 0.25) is 0 Å². The van der Waals surface area contributed by atoms with E-state index in [9.17, 15) is 5.11 Å². The van der Waals surface area contributed by atoms with Crippen LogP contribution in [0, 0.1) is 5.92 Å². The summed E-state index contributed by atoms with van der Waals surface area (Å²) in [6, 6.07) is 0. The first kappa shape index (κ1) is 8.92. The first-order valence-electron chi connectivity index (χ1n) is 3.43. The van der Waals surface area contributed by atoms with Crippen LogP contribution in [0.15, 0.2) is 0 Å². The first-order valence-corrected chi connectivity index (χ1v) is 3.43. The Morgan fingerprint density at radius 2 is 2.11 bits per heavy atom. The summed E-state index contributed by atoms with van der Waals surface area (Å²) in [5.41, 5.74) is 0. The molecule has 9 heavy (non-hydrogen) atoms. The van der Waals surface area contributed by atoms with E-state index in [1.807, 2.05) is 0 Å². The quantitative estimate of drug-likeness (QED) is 0.519. The van der Waals surface area contributed by atoms with E-state index in [1.165, 1.54) is 0 Å². The Morgan fingerprint density at radius 1 is 1.44 bits per heavy atom. The van der Waals surface area contributed by atoms with Gasteiger partial charge in [0.15, 0.2) is 0 Å². The molecule has 0 aromatic heterocycles. The summed E-state index contributed by atoms with van der Waals surface area (Å²) in [7, 11) is 0. The maximum atomic E-state index is 9.89. The Labute approximate surface area is 56.8 Å². The van der Waals surface area contributed by atoms with Crippen LogP contribution in [0.4, 0.5) is 0 Å². The Morgan fingerprint density at radius 3 is 2.56 bits per heavy atom. The lowest BCUT2D eigenvalue weighted by molar-refractivity contribution is 0.0830. The molecule has 0 N–H and O–H groups in total. The summed E-state index contributed by atoms with van der Waals surface area (Å²) in [5, 5.41) is 9.89. The van der Waals surface area contributed by atoms with Gasteiger partial charge in [-0.15, -0.1) is 0 Å². The van der Waals surface area contributed by atoms with Gasteiger partial charge in [-0.3, -0.25) is 0 Å². The lowest BCUT2D eigenvalue weighted by Gasteiger charge is -2.03. The molecular formula is C7H15O2. The largest absolute Gasteiger partial charge is 0.381 e. The minimum Gasteiger partial charge on any atom is -0.381 e. The number of hydrogen-bond donors (Lipinski definition) is 0. The molecule has 0 spiro atoms. The maximum Gasteiger partial charge on any atom is 0.0844 e. The third kappa shape index (κ3) is 7.92. The van der Waals surface area contributed by atoms with E-state index in [0.717, 1.165) is 6.61 Å². The second-order valence-electron chi connectivity index (χ2n) is 2.53. The zero-order valence-electron chi connectivity index (χ0n) is 6.22. The topological polar surface area (TPSA) is 29.1 Å². The van der Waals surface area contributed by atoms with Gasteiger partial charge in [0.1, 0.15) is 0 Å². The summed E-state index contributed by atoms with van der Waals surface area (Å²) < 4.78 is 5.14. The van der Waals surface area contributed by atoms with Gasteiger partial charge in [-0.2, -0.15) is 0 Å². The zero-order valence-corrected chi connectivity index (χ0v) is 6.22. The summed E-state index contributed by atoms with van der Waals surface area (Å²) in [6.45, 7) is 5.58. The van der Waals surface area contributed by atoms with E-state index in [1.54, 1.807) is 0 Å². The molecule has 0 saturated carbocycles. The Bertz CT molecular complexity index is 52.9. The molecule has 55 valence electrons. The molecular weight excluding hydrogens is 116 g/mol. The van der Waals surface area contributed by atoms with Crippen molar-refractivity contribution in [1.82, 2.24) is 0 Å². The number of rotatable bonds is 5. The van der Waals surface area contributed by atoms with Crippen LogP contribution in [0.3, 0.4) is 0 Å². The molecule has 0 rings (SSSR count). The summed E-state index contributed by atoms with van der Waals surface area (Å²) in [4.78, 5) is 0. The van der Waals surface area contributed by atoms with E-state index >= 15 is 0 Å². The highest BCUT2D eigenvalue weighted by Gasteiger charge is 1.91. The van der Waals surface area contributed by atoms with Gasteiger partial charge >= 0.3 is 0 Å². The molecule has 1 radical (unpaired) electrons. The highest BCUT2D eigenvalue weighted by Crippen LogP contribution is 1.92. The van der Waals surface area contributed by atoms with Gasteiger partial charge in [0, 0.05) is 13.2 Å². The molecule has 0 amide bonds. The predicted octanol–water partition coefficient (Wildman–Crippen LogP) is 1.48. The van der Waals surface area contributed by atoms with Crippen molar-refractivity contribution >= 4 is 0 Å². The Kier molecular flexibility index (Phi) is 5.99. The Balaban J connectivity index is 2.75. The molecule has 2 nitrogen and oxygen atoms in total. The van der Waals surface area contributed by atoms with Crippen molar-refractivity contribution in [1.29, 1.82) is 0 Å². The van der Waals surface area contributed by atoms with Gasteiger partial charge in [-0.25, -0.2) is 5.11 Å². The van der Waals surface area contributed by atoms with Crippen LogP contribution in [0.1, 0.15) is 20.3 Å². The molecule has 0 atom stereocenters. The van der Waals surface area contributed by atoms with Gasteiger partial charge in [0.25, 0.3) is 0 Å². The van der Waals surface area contributed by atoms with Crippen LogP contribution < -0.4 is 0 Å². The van der Waals surface area contributed by atoms with E-state index in [2.05, 4.69) is 13.8 Å². The van der Waals surface area contributed by atoms with E-state index in [4.69, 9.17) is 4.74 Å². The fourth-order valence-electron chi connectivity index (χ4n) is 0.480. The Hall–Kier alpha value is -0.0800. The van der Waals surface area contributed by atoms with Crippen molar-refractivity contribution < 1.29 is 9.84 Å². The first-order chi connectivity index (χ1) is 4.27. The van der Waals surface area contributed by atoms with E-state index < -0.39 is 0 Å². The fourth-order valence-corrected chi connectivity index (χ4v) is 0.480. The fraction of sp³-hybridized carbons (Fsp3) is 1.00. The van der Waals surface area contributed by atoms with Crippen LogP contribution in [0.25, 0.3) is 0 Å². The van der Waals surface area contributed by atoms with E-state index in [0.29, 0.717) is 18.9 Å². The minimum absolute atomic E-state index is 0.0158. The van der Waals surface area contributed by atoms with E-state index in [-0.39, 0.29) is 6.61 Å². The third-order valence-corrected chi connectivity index (χ3v) is 0.884. The summed E-state index contributed by atoms with van der Waals surface area (Å²) in [6.07, 6.45) is 0.646. The molecule has 2 heteroatoms. The normalized spacial score (nSPS) is 10.7. The highest BCUT2D eigenvalue weighted by molar-refractivity contribution is 4.39. The van der Waals surface area contributed by atoms with Crippen LogP contribution in [-0.2, 0) is 9.84 Å². The van der Waals surface area contributed by atoms with Crippen LogP contribution in [0.5, 0.6) is 0 Å². The highest BCUT2D eigenvalue weighted by atomic mass is 16.5. The van der Waals surface area contributed by atoms with Crippen molar-refractivity contribution in [2.75, 3.05) is 19.8 Å². The van der Waals surface area contributed by atoms with Gasteiger partial charge in [-0.05, 0) is 12.3 Å². The third-order valence-electron chi connectivity index (χ3n) is 0.884. The summed E-state index contributed by atoms with van der Waals surface area (Å²) >= 11 is 0. The molecule has 0 saturated heterocycles. The van der Waals surface area contributed by atoms with Crippen molar-refractivity contribution in [3.63, 3.8) is 0 Å². The number of hydrogen-bond acceptors (Lipinski definition) is 1. The van der Waals surface area contributed by atoms with Crippen molar-refractivity contribution in [2.45, 2.75) is 20.3 Å². The average Bonchev–Trinajstić information content (AvgIpc) is 1.80. The van der Waals surface area contributed by atoms with Crippen LogP contribution in [-0.4, -0.2) is 19.8 Å². The van der Waals surface area contributed by atoms with Crippen molar-refractivity contribution in [2.24, 2.45) is 5.92 Å². The monoisotopic (exact) mass is 131 g/mol. The SMILES string of the molecule is CC(C)COCCC[O]. The smallest absolute Gasteiger partial charge is 0.0844 e. The van der Waals surface area contributed by atoms with Crippen molar-refractivity contribution in [3.8, 4) is 0 Å². The van der Waals surface area contributed by atoms with Crippen molar-refractivity contribution in [3.05, 3.63) is 0 Å². The molecule has 0 unspecified atom stereocenters. The standard InChI is InChI=1S/C7H15O2/c1-7(2)6-9-5-3-4-8/h7H,3-6H2,1-2H3. The van der Waals surface area contributed by atoms with Gasteiger partial charge in [0.05, 0.1) is 6.61 Å². The molecule has 0 aromatic carbocycles. The number of ether oxygens (including phenoxy) is 1. The molecule has 0 aliphatic rings. The lowest BCUT2D eigenvalue weighted by atomic mass is 10.2. The molecule has 0 aliphatic heterocycles. The molecule has 0 fully saturated rings. The molecule has 0 aromatic rings. The molecule has 0 aliphatic carbocycles. The molecule has 0 bridgehead atoms. The zero-order chi connectivity index (χ0) is 7.11. The molecule has 0 heterocycles. The minimum atomic E-state index is -0.0158. The average molecular weight is 131 g/mol. The maximum absolute atomic E-state index is 9.89. The lowest BCUT2D eigenvalue weighted by Crippen LogP contribution is -2.03. The second kappa shape index (κ2) is 6.05. The van der Waals surface area contributed by atoms with Gasteiger partial charge < -0.3 is 4.74 Å².